The van der Waals surface area contributed by atoms with Crippen LogP contribution in [0.25, 0.3) is 10.9 Å². The standard InChI is InChI=1S/C26H31N5O6/c1-15(27)23(33)31-22(14-32)25(35)29-20(12-17-13-28-19-10-6-5-9-18(17)19)24(34)30-21(26(36)37)11-16-7-3-2-4-8-16/h2-10,13,15,20-22,28,32H,11-12,14,27H2,1H3,(H,29,35)(H,30,34)(H,31,33)(H,36,37). The Morgan fingerprint density at radius 3 is 2.08 bits per heavy atom. The van der Waals surface area contributed by atoms with Gasteiger partial charge < -0.3 is 36.9 Å². The summed E-state index contributed by atoms with van der Waals surface area (Å²) in [5.41, 5.74) is 7.78. The van der Waals surface area contributed by atoms with Crippen LogP contribution in [0, 0.1) is 0 Å². The number of aromatic nitrogens is 1. The van der Waals surface area contributed by atoms with E-state index in [9.17, 15) is 29.4 Å². The lowest BCUT2D eigenvalue weighted by Gasteiger charge is -2.24. The quantitative estimate of drug-likeness (QED) is 0.177. The number of aromatic amines is 1. The Bertz CT molecular complexity index is 1240. The number of nitrogens with two attached hydrogens (primary N) is 1. The Balaban J connectivity index is 1.83. The van der Waals surface area contributed by atoms with Crippen molar-refractivity contribution >= 4 is 34.6 Å². The smallest absolute Gasteiger partial charge is 0.326 e. The van der Waals surface area contributed by atoms with E-state index in [1.807, 2.05) is 24.3 Å². The van der Waals surface area contributed by atoms with Crippen LogP contribution in [0.2, 0.25) is 0 Å². The molecule has 3 amide bonds. The van der Waals surface area contributed by atoms with Gasteiger partial charge in [-0.05, 0) is 24.1 Å². The second-order valence-electron chi connectivity index (χ2n) is 8.75. The van der Waals surface area contributed by atoms with E-state index in [2.05, 4.69) is 20.9 Å². The molecule has 3 aromatic rings. The second kappa shape index (κ2) is 12.7. The number of amides is 3. The molecule has 11 nitrogen and oxygen atoms in total. The van der Waals surface area contributed by atoms with Gasteiger partial charge >= 0.3 is 5.97 Å². The highest BCUT2D eigenvalue weighted by Crippen LogP contribution is 2.19. The first-order valence-corrected chi connectivity index (χ1v) is 11.8. The van der Waals surface area contributed by atoms with Crippen molar-refractivity contribution in [3.8, 4) is 0 Å². The molecule has 1 aromatic heterocycles. The Morgan fingerprint density at radius 2 is 1.43 bits per heavy atom. The number of benzene rings is 2. The molecule has 2 aromatic carbocycles. The van der Waals surface area contributed by atoms with Crippen LogP contribution < -0.4 is 21.7 Å². The van der Waals surface area contributed by atoms with E-state index in [1.165, 1.54) is 6.92 Å². The van der Waals surface area contributed by atoms with Crippen molar-refractivity contribution in [2.45, 2.75) is 43.9 Å². The largest absolute Gasteiger partial charge is 0.480 e. The number of aliphatic hydroxyl groups is 1. The molecule has 37 heavy (non-hydrogen) atoms. The van der Waals surface area contributed by atoms with Crippen LogP contribution in [0.15, 0.2) is 60.8 Å². The molecule has 0 saturated heterocycles. The highest BCUT2D eigenvalue weighted by atomic mass is 16.4. The summed E-state index contributed by atoms with van der Waals surface area (Å²) in [4.78, 5) is 53.2. The van der Waals surface area contributed by atoms with Crippen LogP contribution in [0.1, 0.15) is 18.1 Å². The highest BCUT2D eigenvalue weighted by Gasteiger charge is 2.30. The maximum absolute atomic E-state index is 13.3. The molecule has 0 aliphatic heterocycles. The number of aliphatic hydroxyl groups excluding tert-OH is 1. The van der Waals surface area contributed by atoms with Gasteiger partial charge in [0.2, 0.25) is 17.7 Å². The molecule has 0 saturated carbocycles. The zero-order chi connectivity index (χ0) is 26.9. The van der Waals surface area contributed by atoms with Crippen LogP contribution in [-0.2, 0) is 32.0 Å². The molecule has 1 heterocycles. The summed E-state index contributed by atoms with van der Waals surface area (Å²) < 4.78 is 0. The number of H-pyrrole nitrogens is 1. The van der Waals surface area contributed by atoms with Crippen molar-refractivity contribution in [3.05, 3.63) is 71.9 Å². The predicted octanol–water partition coefficient (Wildman–Crippen LogP) is -0.168. The number of para-hydroxylation sites is 1. The maximum atomic E-state index is 13.3. The van der Waals surface area contributed by atoms with Gasteiger partial charge in [-0.1, -0.05) is 48.5 Å². The lowest BCUT2D eigenvalue weighted by atomic mass is 10.0. The van der Waals surface area contributed by atoms with Gasteiger partial charge in [0.05, 0.1) is 12.6 Å². The molecule has 8 N–H and O–H groups in total. The number of fused-ring (bicyclic) bond motifs is 1. The van der Waals surface area contributed by atoms with E-state index in [0.29, 0.717) is 11.1 Å². The summed E-state index contributed by atoms with van der Waals surface area (Å²) in [6.45, 7) is 0.700. The van der Waals surface area contributed by atoms with E-state index in [-0.39, 0.29) is 12.8 Å². The van der Waals surface area contributed by atoms with Crippen molar-refractivity contribution in [1.82, 2.24) is 20.9 Å². The van der Waals surface area contributed by atoms with Gasteiger partial charge in [0.15, 0.2) is 0 Å². The number of aliphatic carboxylic acids is 1. The van der Waals surface area contributed by atoms with Crippen LogP contribution in [0.4, 0.5) is 0 Å². The summed E-state index contributed by atoms with van der Waals surface area (Å²) in [5, 5.41) is 27.6. The molecule has 0 radical (unpaired) electrons. The average Bonchev–Trinajstić information content (AvgIpc) is 3.29. The molecule has 4 unspecified atom stereocenters. The first-order valence-electron chi connectivity index (χ1n) is 11.8. The summed E-state index contributed by atoms with van der Waals surface area (Å²) in [7, 11) is 0. The van der Waals surface area contributed by atoms with E-state index < -0.39 is 54.5 Å². The maximum Gasteiger partial charge on any atom is 0.326 e. The molecule has 0 spiro atoms. The highest BCUT2D eigenvalue weighted by molar-refractivity contribution is 5.95. The molecule has 0 aliphatic carbocycles. The van der Waals surface area contributed by atoms with Gasteiger partial charge in [-0.2, -0.15) is 0 Å². The Morgan fingerprint density at radius 1 is 0.838 bits per heavy atom. The number of hydrogen-bond donors (Lipinski definition) is 7. The van der Waals surface area contributed by atoms with Crippen LogP contribution in [-0.4, -0.2) is 69.7 Å². The van der Waals surface area contributed by atoms with Gasteiger partial charge in [0.1, 0.15) is 18.1 Å². The van der Waals surface area contributed by atoms with Crippen molar-refractivity contribution in [2.75, 3.05) is 6.61 Å². The van der Waals surface area contributed by atoms with Gasteiger partial charge in [-0.15, -0.1) is 0 Å². The van der Waals surface area contributed by atoms with Crippen molar-refractivity contribution in [1.29, 1.82) is 0 Å². The fraction of sp³-hybridized carbons (Fsp3) is 0.308. The third kappa shape index (κ3) is 7.38. The van der Waals surface area contributed by atoms with E-state index in [1.54, 1.807) is 36.5 Å². The Hall–Kier alpha value is -4.22. The monoisotopic (exact) mass is 509 g/mol. The first kappa shape index (κ1) is 27.4. The lowest BCUT2D eigenvalue weighted by molar-refractivity contribution is -0.142. The Labute approximate surface area is 213 Å². The van der Waals surface area contributed by atoms with Gasteiger partial charge in [-0.3, -0.25) is 14.4 Å². The SMILES string of the molecule is CC(N)C(=O)NC(CO)C(=O)NC(Cc1c[nH]c2ccccc12)C(=O)NC(Cc1ccccc1)C(=O)O. The molecular formula is C26H31N5O6. The molecule has 3 rings (SSSR count). The van der Waals surface area contributed by atoms with E-state index >= 15 is 0 Å². The van der Waals surface area contributed by atoms with Crippen molar-refractivity contribution in [2.24, 2.45) is 5.73 Å². The molecule has 0 bridgehead atoms. The van der Waals surface area contributed by atoms with Gasteiger partial charge in [0.25, 0.3) is 0 Å². The van der Waals surface area contributed by atoms with Crippen LogP contribution in [0.5, 0.6) is 0 Å². The number of carboxylic acids is 1. The van der Waals surface area contributed by atoms with Crippen molar-refractivity contribution < 1.29 is 29.4 Å². The minimum Gasteiger partial charge on any atom is -0.480 e. The molecule has 11 heteroatoms. The number of carbonyl (C=O) groups is 4. The van der Waals surface area contributed by atoms with E-state index in [0.717, 1.165) is 10.9 Å². The topological polar surface area (TPSA) is 187 Å². The fourth-order valence-corrected chi connectivity index (χ4v) is 3.82. The number of nitrogens with one attached hydrogen (secondary N) is 4. The third-order valence-corrected chi connectivity index (χ3v) is 5.86. The minimum atomic E-state index is -1.35. The predicted molar refractivity (Wildman–Crippen MR) is 136 cm³/mol. The number of hydrogen-bond acceptors (Lipinski definition) is 6. The molecule has 0 fully saturated rings. The molecule has 0 aliphatic rings. The zero-order valence-electron chi connectivity index (χ0n) is 20.3. The fourth-order valence-electron chi connectivity index (χ4n) is 3.82. The number of carbonyl (C=O) groups excluding carboxylic acids is 3. The number of rotatable bonds is 12. The third-order valence-electron chi connectivity index (χ3n) is 5.86. The minimum absolute atomic E-state index is 0.0264. The molecule has 4 atom stereocenters. The summed E-state index contributed by atoms with van der Waals surface area (Å²) >= 11 is 0. The average molecular weight is 510 g/mol. The van der Waals surface area contributed by atoms with Crippen LogP contribution >= 0.6 is 0 Å². The molecule has 196 valence electrons. The van der Waals surface area contributed by atoms with Gasteiger partial charge in [0, 0.05) is 29.9 Å². The summed E-state index contributed by atoms with van der Waals surface area (Å²) in [6, 6.07) is 11.5. The summed E-state index contributed by atoms with van der Waals surface area (Å²) in [5.74, 6) is -3.42. The normalized spacial score (nSPS) is 14.2. The summed E-state index contributed by atoms with van der Waals surface area (Å²) in [6.07, 6.45) is 1.77. The van der Waals surface area contributed by atoms with Crippen molar-refractivity contribution in [3.63, 3.8) is 0 Å². The van der Waals surface area contributed by atoms with Crippen LogP contribution in [0.3, 0.4) is 0 Å². The first-order chi connectivity index (χ1) is 17.7. The van der Waals surface area contributed by atoms with Gasteiger partial charge in [-0.25, -0.2) is 4.79 Å². The Kier molecular flexibility index (Phi) is 9.36. The van der Waals surface area contributed by atoms with E-state index in [4.69, 9.17) is 5.73 Å². The lowest BCUT2D eigenvalue weighted by Crippen LogP contribution is -2.58. The second-order valence-corrected chi connectivity index (χ2v) is 8.75. The number of carboxylic acid groups (broad SMARTS) is 1. The molecular weight excluding hydrogens is 478 g/mol. The zero-order valence-corrected chi connectivity index (χ0v) is 20.3.